The molecule has 1 aromatic rings. The molecular formula is C24H34FN5O4. The van der Waals surface area contributed by atoms with Crippen molar-refractivity contribution < 1.29 is 23.5 Å². The van der Waals surface area contributed by atoms with Crippen LogP contribution in [0.2, 0.25) is 0 Å². The number of hydrogen-bond donors (Lipinski definition) is 2. The molecule has 4 amide bonds. The maximum absolute atomic E-state index is 14.7. The molecule has 0 saturated carbocycles. The molecule has 0 unspecified atom stereocenters. The number of amides is 4. The van der Waals surface area contributed by atoms with Crippen molar-refractivity contribution in [1.82, 2.24) is 25.3 Å². The van der Waals surface area contributed by atoms with Gasteiger partial charge in [0, 0.05) is 56.6 Å². The van der Waals surface area contributed by atoms with Crippen molar-refractivity contribution in [2.75, 3.05) is 45.9 Å². The van der Waals surface area contributed by atoms with Crippen LogP contribution in [-0.2, 0) is 9.53 Å². The average Bonchev–Trinajstić information content (AvgIpc) is 2.79. The zero-order valence-electron chi connectivity index (χ0n) is 20.3. The van der Waals surface area contributed by atoms with Crippen molar-refractivity contribution in [3.63, 3.8) is 0 Å². The molecule has 0 bridgehead atoms. The first kappa shape index (κ1) is 25.5. The van der Waals surface area contributed by atoms with Gasteiger partial charge in [-0.2, -0.15) is 0 Å². The average molecular weight is 476 g/mol. The maximum Gasteiger partial charge on any atom is 0.338 e. The summed E-state index contributed by atoms with van der Waals surface area (Å²) in [7, 11) is 0. The van der Waals surface area contributed by atoms with Gasteiger partial charge in [0.1, 0.15) is 5.82 Å². The predicted molar refractivity (Wildman–Crippen MR) is 125 cm³/mol. The van der Waals surface area contributed by atoms with Gasteiger partial charge in [-0.05, 0) is 33.8 Å². The Kier molecular flexibility index (Phi) is 8.49. The summed E-state index contributed by atoms with van der Waals surface area (Å²) in [4.78, 5) is 43.8. The van der Waals surface area contributed by atoms with E-state index >= 15 is 0 Å². The Balaban J connectivity index is 1.98. The molecule has 2 aliphatic rings. The maximum atomic E-state index is 14.7. The Hall–Kier alpha value is -3.14. The molecule has 34 heavy (non-hydrogen) atoms. The summed E-state index contributed by atoms with van der Waals surface area (Å²) in [5.41, 5.74) is 0.936. The van der Waals surface area contributed by atoms with Crippen LogP contribution in [0, 0.1) is 5.82 Å². The molecule has 9 nitrogen and oxygen atoms in total. The second kappa shape index (κ2) is 11.3. The number of carbonyl (C=O) groups is 3. The molecule has 0 aromatic heterocycles. The van der Waals surface area contributed by atoms with E-state index in [0.717, 1.165) is 0 Å². The lowest BCUT2D eigenvalue weighted by Gasteiger charge is -2.42. The smallest absolute Gasteiger partial charge is 0.338 e. The molecule has 2 aliphatic heterocycles. The van der Waals surface area contributed by atoms with Crippen LogP contribution in [0.4, 0.5) is 14.0 Å². The van der Waals surface area contributed by atoms with E-state index in [0.29, 0.717) is 45.0 Å². The minimum absolute atomic E-state index is 0.0539. The van der Waals surface area contributed by atoms with E-state index in [4.69, 9.17) is 4.74 Å². The quantitative estimate of drug-likeness (QED) is 0.591. The topological polar surface area (TPSA) is 94.2 Å². The zero-order chi connectivity index (χ0) is 24.8. The number of nitrogens with zero attached hydrogens (tertiary/aromatic N) is 3. The van der Waals surface area contributed by atoms with Gasteiger partial charge in [-0.3, -0.25) is 9.80 Å². The van der Waals surface area contributed by atoms with Crippen LogP contribution in [0.1, 0.15) is 39.3 Å². The second-order valence-corrected chi connectivity index (χ2v) is 8.34. The monoisotopic (exact) mass is 475 g/mol. The Morgan fingerprint density at radius 1 is 1.21 bits per heavy atom. The first-order valence-electron chi connectivity index (χ1n) is 11.8. The van der Waals surface area contributed by atoms with Crippen LogP contribution in [0.5, 0.6) is 0 Å². The van der Waals surface area contributed by atoms with Crippen LogP contribution < -0.4 is 10.6 Å². The lowest BCUT2D eigenvalue weighted by molar-refractivity contribution is -0.139. The van der Waals surface area contributed by atoms with Gasteiger partial charge in [-0.1, -0.05) is 18.2 Å². The molecule has 186 valence electrons. The number of piperazine rings is 1. The van der Waals surface area contributed by atoms with E-state index in [1.165, 1.54) is 11.0 Å². The number of benzene rings is 1. The Morgan fingerprint density at radius 3 is 2.56 bits per heavy atom. The molecular weight excluding hydrogens is 441 g/mol. The van der Waals surface area contributed by atoms with Crippen LogP contribution in [0.3, 0.4) is 0 Å². The summed E-state index contributed by atoms with van der Waals surface area (Å²) in [6.45, 7) is 10.4. The summed E-state index contributed by atoms with van der Waals surface area (Å²) in [6, 6.07) is 4.58. The lowest BCUT2D eigenvalue weighted by atomic mass is 9.93. The Labute approximate surface area is 199 Å². The van der Waals surface area contributed by atoms with Crippen molar-refractivity contribution in [2.24, 2.45) is 0 Å². The fourth-order valence-corrected chi connectivity index (χ4v) is 4.54. The highest BCUT2D eigenvalue weighted by atomic mass is 19.1. The molecule has 2 N–H and O–H groups in total. The largest absolute Gasteiger partial charge is 0.463 e. The number of ether oxygens (including phenoxy) is 1. The standard InChI is InChI=1S/C24H34FN5O4/c1-5-26-23(32)30-13-12-28(14-16(30)4)15-19-20(22(31)34-7-3)21(27-24(33)29(19)6-2)17-10-8-9-11-18(17)25/h8-11,16,21H,5-7,12-15H2,1-4H3,(H,26,32)(H,27,33)/t16-,21+/m1/s1. The van der Waals surface area contributed by atoms with E-state index in [-0.39, 0.29) is 29.8 Å². The number of hydrogen-bond acceptors (Lipinski definition) is 5. The van der Waals surface area contributed by atoms with Gasteiger partial charge in [0.2, 0.25) is 0 Å². The normalized spacial score (nSPS) is 21.4. The number of carbonyl (C=O) groups excluding carboxylic acids is 3. The Morgan fingerprint density at radius 2 is 1.94 bits per heavy atom. The minimum Gasteiger partial charge on any atom is -0.463 e. The first-order chi connectivity index (χ1) is 16.3. The third-order valence-electron chi connectivity index (χ3n) is 6.14. The SMILES string of the molecule is CCNC(=O)N1CCN(CC2=C(C(=O)OCC)[C@H](c3ccccc3F)NC(=O)N2CC)C[C@H]1C. The molecule has 1 saturated heterocycles. The molecule has 3 rings (SSSR count). The molecule has 1 fully saturated rings. The van der Waals surface area contributed by atoms with Crippen LogP contribution in [-0.4, -0.2) is 84.6 Å². The molecule has 0 radical (unpaired) electrons. The lowest BCUT2D eigenvalue weighted by Crippen LogP contribution is -2.58. The third-order valence-corrected chi connectivity index (χ3v) is 6.14. The molecule has 1 aromatic carbocycles. The molecule has 2 atom stereocenters. The van der Waals surface area contributed by atoms with Gasteiger partial charge >= 0.3 is 18.0 Å². The highest BCUT2D eigenvalue weighted by Gasteiger charge is 2.40. The summed E-state index contributed by atoms with van der Waals surface area (Å²) in [6.07, 6.45) is 0. The van der Waals surface area contributed by atoms with Crippen LogP contribution >= 0.6 is 0 Å². The van der Waals surface area contributed by atoms with Gasteiger partial charge in [-0.15, -0.1) is 0 Å². The zero-order valence-corrected chi connectivity index (χ0v) is 20.3. The van der Waals surface area contributed by atoms with Crippen molar-refractivity contribution >= 4 is 18.0 Å². The van der Waals surface area contributed by atoms with Crippen molar-refractivity contribution in [3.05, 3.63) is 46.9 Å². The number of likely N-dealkylation sites (N-methyl/N-ethyl adjacent to an activating group) is 1. The summed E-state index contributed by atoms with van der Waals surface area (Å²) in [5, 5.41) is 5.61. The predicted octanol–water partition coefficient (Wildman–Crippen LogP) is 2.46. The molecule has 2 heterocycles. The van der Waals surface area contributed by atoms with E-state index in [9.17, 15) is 18.8 Å². The van der Waals surface area contributed by atoms with Crippen LogP contribution in [0.25, 0.3) is 0 Å². The number of rotatable bonds is 7. The fraction of sp³-hybridized carbons (Fsp3) is 0.542. The molecule has 10 heteroatoms. The minimum atomic E-state index is -0.959. The molecule has 0 aliphatic carbocycles. The van der Waals surface area contributed by atoms with Gasteiger partial charge in [0.25, 0.3) is 0 Å². The highest BCUT2D eigenvalue weighted by Crippen LogP contribution is 2.33. The highest BCUT2D eigenvalue weighted by molar-refractivity contribution is 5.95. The number of urea groups is 2. The van der Waals surface area contributed by atoms with Crippen molar-refractivity contribution in [3.8, 4) is 0 Å². The van der Waals surface area contributed by atoms with Crippen LogP contribution in [0.15, 0.2) is 35.5 Å². The number of esters is 1. The molecule has 0 spiro atoms. The van der Waals surface area contributed by atoms with Gasteiger partial charge in [0.05, 0.1) is 18.2 Å². The number of nitrogens with one attached hydrogen (secondary N) is 2. The van der Waals surface area contributed by atoms with E-state index < -0.39 is 23.9 Å². The van der Waals surface area contributed by atoms with Gasteiger partial charge < -0.3 is 20.3 Å². The summed E-state index contributed by atoms with van der Waals surface area (Å²) in [5.74, 6) is -1.10. The van der Waals surface area contributed by atoms with Gasteiger partial charge in [0.15, 0.2) is 0 Å². The van der Waals surface area contributed by atoms with E-state index in [1.54, 1.807) is 30.0 Å². The van der Waals surface area contributed by atoms with Crippen molar-refractivity contribution in [1.29, 1.82) is 0 Å². The second-order valence-electron chi connectivity index (χ2n) is 8.34. The third kappa shape index (κ3) is 5.32. The summed E-state index contributed by atoms with van der Waals surface area (Å²) >= 11 is 0. The summed E-state index contributed by atoms with van der Waals surface area (Å²) < 4.78 is 20.1. The van der Waals surface area contributed by atoms with Gasteiger partial charge in [-0.25, -0.2) is 18.8 Å². The van der Waals surface area contributed by atoms with Crippen molar-refractivity contribution in [2.45, 2.75) is 39.8 Å². The number of halogens is 1. The fourth-order valence-electron chi connectivity index (χ4n) is 4.54. The Bertz CT molecular complexity index is 953. The first-order valence-corrected chi connectivity index (χ1v) is 11.8. The van der Waals surface area contributed by atoms with E-state index in [2.05, 4.69) is 15.5 Å². The van der Waals surface area contributed by atoms with E-state index in [1.807, 2.05) is 20.8 Å².